The third-order valence-electron chi connectivity index (χ3n) is 7.47. The summed E-state index contributed by atoms with van der Waals surface area (Å²) in [6.45, 7) is 10.1. The minimum atomic E-state index is -0.490. The smallest absolute Gasteiger partial charge is 0.343 e. The number of aromatic nitrogens is 3. The molecule has 3 aromatic heterocycles. The van der Waals surface area contributed by atoms with E-state index in [1.807, 2.05) is 63.2 Å². The van der Waals surface area contributed by atoms with Crippen molar-refractivity contribution in [2.24, 2.45) is 11.8 Å². The second kappa shape index (κ2) is 11.0. The summed E-state index contributed by atoms with van der Waals surface area (Å²) in [6, 6.07) is 13.3. The monoisotopic (exact) mass is 528 g/mol. The normalized spacial score (nSPS) is 17.5. The lowest BCUT2D eigenvalue weighted by molar-refractivity contribution is -0.124. The van der Waals surface area contributed by atoms with E-state index >= 15 is 0 Å². The Balaban J connectivity index is 1.48. The Morgan fingerprint density at radius 3 is 2.49 bits per heavy atom. The first-order valence-corrected chi connectivity index (χ1v) is 13.8. The third-order valence-corrected chi connectivity index (χ3v) is 7.47. The number of fused-ring (bicyclic) bond motifs is 1. The van der Waals surface area contributed by atoms with Gasteiger partial charge < -0.3 is 9.15 Å². The van der Waals surface area contributed by atoms with Gasteiger partial charge in [-0.1, -0.05) is 6.92 Å². The van der Waals surface area contributed by atoms with E-state index < -0.39 is 5.97 Å². The molecule has 0 saturated heterocycles. The van der Waals surface area contributed by atoms with E-state index in [1.54, 1.807) is 22.7 Å². The fourth-order valence-corrected chi connectivity index (χ4v) is 5.28. The molecule has 0 unspecified atom stereocenters. The first-order valence-electron chi connectivity index (χ1n) is 13.8. The molecule has 1 aromatic carbocycles. The summed E-state index contributed by atoms with van der Waals surface area (Å²) in [4.78, 5) is 32.9. The van der Waals surface area contributed by atoms with Gasteiger partial charge in [0.25, 0.3) is 0 Å². The zero-order valence-corrected chi connectivity index (χ0v) is 23.3. The third kappa shape index (κ3) is 5.46. The largest absolute Gasteiger partial charge is 0.462 e. The van der Waals surface area contributed by atoms with E-state index in [0.717, 1.165) is 59.5 Å². The zero-order chi connectivity index (χ0) is 27.7. The number of carbonyl (C=O) groups is 2. The first-order chi connectivity index (χ1) is 18.7. The zero-order valence-electron chi connectivity index (χ0n) is 23.3. The van der Waals surface area contributed by atoms with Gasteiger partial charge in [0.1, 0.15) is 16.8 Å². The molecule has 0 radical (unpaired) electrons. The van der Waals surface area contributed by atoms with Crippen molar-refractivity contribution in [3.63, 3.8) is 0 Å². The van der Waals surface area contributed by atoms with Crippen molar-refractivity contribution in [1.82, 2.24) is 14.8 Å². The van der Waals surface area contributed by atoms with Crippen molar-refractivity contribution in [3.8, 4) is 17.0 Å². The quantitative estimate of drug-likeness (QED) is 0.247. The standard InChI is InChI=1S/C31H36N4O4/c1-6-38-31(37)25-18-34(33-29(25)35(19(2)3)30(36)23-10-7-20(4)8-11-23)24-14-12-22(13-15-24)28-17-26-27(39-28)16-9-21(5)32-26/h9,12-20,23H,6-8,10-11H2,1-5H3. The van der Waals surface area contributed by atoms with Gasteiger partial charge in [0.05, 0.1) is 12.3 Å². The van der Waals surface area contributed by atoms with Gasteiger partial charge in [0, 0.05) is 35.5 Å². The number of carbonyl (C=O) groups excluding carboxylic acids is 2. The van der Waals surface area contributed by atoms with Gasteiger partial charge in [-0.2, -0.15) is 0 Å². The van der Waals surface area contributed by atoms with Crippen LogP contribution in [0.1, 0.15) is 69.4 Å². The highest BCUT2D eigenvalue weighted by Crippen LogP contribution is 2.33. The molecule has 5 rings (SSSR count). The average molecular weight is 529 g/mol. The maximum atomic E-state index is 13.7. The predicted molar refractivity (Wildman–Crippen MR) is 151 cm³/mol. The Bertz CT molecular complexity index is 1480. The first kappa shape index (κ1) is 26.7. The molecule has 1 fully saturated rings. The van der Waals surface area contributed by atoms with Crippen LogP contribution >= 0.6 is 0 Å². The van der Waals surface area contributed by atoms with Gasteiger partial charge in [-0.15, -0.1) is 5.10 Å². The molecule has 0 atom stereocenters. The van der Waals surface area contributed by atoms with Crippen molar-refractivity contribution in [2.75, 3.05) is 11.5 Å². The molecule has 0 N–H and O–H groups in total. The molecule has 1 saturated carbocycles. The Morgan fingerprint density at radius 2 is 1.82 bits per heavy atom. The summed E-state index contributed by atoms with van der Waals surface area (Å²) in [7, 11) is 0. The minimum absolute atomic E-state index is 0.0248. The summed E-state index contributed by atoms with van der Waals surface area (Å²) in [6.07, 6.45) is 5.44. The van der Waals surface area contributed by atoms with Crippen LogP contribution in [0.2, 0.25) is 0 Å². The second-order valence-electron chi connectivity index (χ2n) is 10.8. The lowest BCUT2D eigenvalue weighted by Gasteiger charge is -2.32. The van der Waals surface area contributed by atoms with Crippen LogP contribution in [0.3, 0.4) is 0 Å². The van der Waals surface area contributed by atoms with Crippen molar-refractivity contribution in [2.45, 2.75) is 66.3 Å². The number of pyridine rings is 1. The molecule has 1 aliphatic carbocycles. The van der Waals surface area contributed by atoms with Crippen molar-refractivity contribution in [3.05, 3.63) is 59.9 Å². The van der Waals surface area contributed by atoms with Gasteiger partial charge >= 0.3 is 5.97 Å². The highest BCUT2D eigenvalue weighted by atomic mass is 16.5. The topological polar surface area (TPSA) is 90.5 Å². The molecule has 39 heavy (non-hydrogen) atoms. The fourth-order valence-electron chi connectivity index (χ4n) is 5.28. The van der Waals surface area contributed by atoms with Crippen molar-refractivity contribution < 1.29 is 18.7 Å². The molecular formula is C31H36N4O4. The average Bonchev–Trinajstić information content (AvgIpc) is 3.54. The van der Waals surface area contributed by atoms with Crippen LogP contribution in [-0.4, -0.2) is 39.3 Å². The lowest BCUT2D eigenvalue weighted by atomic mass is 9.82. The van der Waals surface area contributed by atoms with E-state index in [-0.39, 0.29) is 30.0 Å². The van der Waals surface area contributed by atoms with E-state index in [9.17, 15) is 9.59 Å². The van der Waals surface area contributed by atoms with E-state index in [0.29, 0.717) is 11.7 Å². The molecule has 8 nitrogen and oxygen atoms in total. The number of hydrogen-bond acceptors (Lipinski definition) is 6. The molecule has 0 bridgehead atoms. The summed E-state index contributed by atoms with van der Waals surface area (Å²) >= 11 is 0. The van der Waals surface area contributed by atoms with Crippen LogP contribution in [0.5, 0.6) is 0 Å². The summed E-state index contributed by atoms with van der Waals surface area (Å²) in [5.41, 5.74) is 4.42. The maximum absolute atomic E-state index is 13.7. The number of esters is 1. The van der Waals surface area contributed by atoms with Gasteiger partial charge in [-0.25, -0.2) is 14.5 Å². The summed E-state index contributed by atoms with van der Waals surface area (Å²) in [5, 5.41) is 4.77. The number of hydrogen-bond donors (Lipinski definition) is 0. The molecule has 204 valence electrons. The van der Waals surface area contributed by atoms with Crippen molar-refractivity contribution >= 4 is 28.8 Å². The number of ether oxygens (including phenoxy) is 1. The number of furan rings is 1. The van der Waals surface area contributed by atoms with Crippen LogP contribution in [0.15, 0.2) is 53.1 Å². The molecular weight excluding hydrogens is 492 g/mol. The van der Waals surface area contributed by atoms with Gasteiger partial charge in [0.2, 0.25) is 5.91 Å². The van der Waals surface area contributed by atoms with Gasteiger partial charge in [-0.05, 0) is 95.7 Å². The molecule has 1 aliphatic rings. The van der Waals surface area contributed by atoms with Crippen LogP contribution in [0, 0.1) is 18.8 Å². The Morgan fingerprint density at radius 1 is 1.10 bits per heavy atom. The van der Waals surface area contributed by atoms with E-state index in [4.69, 9.17) is 14.3 Å². The number of benzene rings is 1. The van der Waals surface area contributed by atoms with Gasteiger partial charge in [0.15, 0.2) is 11.4 Å². The van der Waals surface area contributed by atoms with E-state index in [2.05, 4.69) is 11.9 Å². The maximum Gasteiger partial charge on any atom is 0.343 e. The molecule has 3 heterocycles. The SMILES string of the molecule is CCOC(=O)c1cn(-c2ccc(-c3cc4nc(C)ccc4o3)cc2)nc1N(C(=O)C1CCC(C)CC1)C(C)C. The number of rotatable bonds is 7. The Labute approximate surface area is 229 Å². The molecule has 0 spiro atoms. The number of amides is 1. The van der Waals surface area contributed by atoms with Gasteiger partial charge in [-0.3, -0.25) is 9.69 Å². The minimum Gasteiger partial charge on any atom is -0.462 e. The van der Waals surface area contributed by atoms with Crippen LogP contribution < -0.4 is 4.90 Å². The second-order valence-corrected chi connectivity index (χ2v) is 10.8. The number of aryl methyl sites for hydroxylation is 1. The highest BCUT2D eigenvalue weighted by molar-refractivity contribution is 6.02. The Kier molecular flexibility index (Phi) is 7.55. The van der Waals surface area contributed by atoms with Crippen LogP contribution in [0.4, 0.5) is 5.82 Å². The summed E-state index contributed by atoms with van der Waals surface area (Å²) in [5.74, 6) is 1.17. The highest BCUT2D eigenvalue weighted by Gasteiger charge is 2.34. The predicted octanol–water partition coefficient (Wildman–Crippen LogP) is 6.73. The van der Waals surface area contributed by atoms with Crippen LogP contribution in [-0.2, 0) is 9.53 Å². The number of nitrogens with zero attached hydrogens (tertiary/aromatic N) is 4. The Hall–Kier alpha value is -3.94. The molecule has 0 aliphatic heterocycles. The molecule has 4 aromatic rings. The lowest BCUT2D eigenvalue weighted by Crippen LogP contribution is -2.43. The fraction of sp³-hybridized carbons (Fsp3) is 0.419. The number of anilines is 1. The van der Waals surface area contributed by atoms with Crippen LogP contribution in [0.25, 0.3) is 28.1 Å². The molecule has 8 heteroatoms. The van der Waals surface area contributed by atoms with Crippen molar-refractivity contribution in [1.29, 1.82) is 0 Å². The summed E-state index contributed by atoms with van der Waals surface area (Å²) < 4.78 is 13.0. The molecule has 1 amide bonds. The van der Waals surface area contributed by atoms with E-state index in [1.165, 1.54) is 0 Å².